The molecular formula is C19H21N5S. The summed E-state index contributed by atoms with van der Waals surface area (Å²) in [5.74, 6) is 1.15. The second-order valence-corrected chi connectivity index (χ2v) is 7.85. The second-order valence-electron chi connectivity index (χ2n) is 6.77. The zero-order valence-electron chi connectivity index (χ0n) is 14.2. The Labute approximate surface area is 151 Å². The Morgan fingerprint density at radius 1 is 0.880 bits per heavy atom. The molecule has 4 heterocycles. The molecule has 5 rings (SSSR count). The Hall–Kier alpha value is -2.21. The Morgan fingerprint density at radius 3 is 2.48 bits per heavy atom. The zero-order valence-corrected chi connectivity index (χ0v) is 15.0. The van der Waals surface area contributed by atoms with Crippen LogP contribution in [0.1, 0.15) is 23.3 Å². The van der Waals surface area contributed by atoms with Gasteiger partial charge in [0.25, 0.3) is 0 Å². The summed E-state index contributed by atoms with van der Waals surface area (Å²) in [6.07, 6.45) is 10.5. The average molecular weight is 351 g/mol. The van der Waals surface area contributed by atoms with Crippen molar-refractivity contribution in [2.24, 2.45) is 0 Å². The molecule has 0 aromatic carbocycles. The van der Waals surface area contributed by atoms with Crippen molar-refractivity contribution in [3.05, 3.63) is 41.3 Å². The van der Waals surface area contributed by atoms with Crippen LogP contribution in [0.15, 0.2) is 30.9 Å². The highest BCUT2D eigenvalue weighted by molar-refractivity contribution is 7.19. The van der Waals surface area contributed by atoms with Crippen LogP contribution in [0.5, 0.6) is 0 Å². The van der Waals surface area contributed by atoms with E-state index in [0.717, 1.165) is 32.0 Å². The molecule has 0 bridgehead atoms. The number of thiophene rings is 1. The van der Waals surface area contributed by atoms with Gasteiger partial charge in [0.2, 0.25) is 0 Å². The van der Waals surface area contributed by atoms with Gasteiger partial charge in [-0.05, 0) is 43.4 Å². The highest BCUT2D eigenvalue weighted by atomic mass is 32.1. The number of fused-ring (bicyclic) bond motifs is 3. The third-order valence-electron chi connectivity index (χ3n) is 5.34. The minimum absolute atomic E-state index is 0.999. The average Bonchev–Trinajstić information content (AvgIpc) is 3.08. The van der Waals surface area contributed by atoms with Crippen molar-refractivity contribution >= 4 is 33.1 Å². The maximum atomic E-state index is 4.70. The van der Waals surface area contributed by atoms with E-state index < -0.39 is 0 Å². The molecular weight excluding hydrogens is 330 g/mol. The molecule has 0 atom stereocenters. The molecule has 0 amide bonds. The maximum absolute atomic E-state index is 4.70. The van der Waals surface area contributed by atoms with Gasteiger partial charge in [-0.25, -0.2) is 9.97 Å². The predicted molar refractivity (Wildman–Crippen MR) is 103 cm³/mol. The van der Waals surface area contributed by atoms with E-state index in [4.69, 9.17) is 4.98 Å². The smallest absolute Gasteiger partial charge is 0.141 e. The summed E-state index contributed by atoms with van der Waals surface area (Å²) in [6.45, 7) is 4.03. The SMILES string of the molecule is c1cc(N2CCN(c3ncnc4sc5c(c34)CCCC5)CC2)ccn1. The maximum Gasteiger partial charge on any atom is 0.141 e. The molecule has 1 fully saturated rings. The van der Waals surface area contributed by atoms with Crippen molar-refractivity contribution in [2.45, 2.75) is 25.7 Å². The van der Waals surface area contributed by atoms with Crippen LogP contribution in [0.4, 0.5) is 11.5 Å². The zero-order chi connectivity index (χ0) is 16.6. The minimum Gasteiger partial charge on any atom is -0.368 e. The van der Waals surface area contributed by atoms with Crippen molar-refractivity contribution in [1.82, 2.24) is 15.0 Å². The van der Waals surface area contributed by atoms with Crippen LogP contribution in [0.2, 0.25) is 0 Å². The molecule has 1 aliphatic heterocycles. The van der Waals surface area contributed by atoms with E-state index >= 15 is 0 Å². The van der Waals surface area contributed by atoms with Crippen molar-refractivity contribution in [3.8, 4) is 0 Å². The molecule has 2 aliphatic rings. The van der Waals surface area contributed by atoms with Gasteiger partial charge in [-0.3, -0.25) is 4.98 Å². The first-order valence-electron chi connectivity index (χ1n) is 9.05. The summed E-state index contributed by atoms with van der Waals surface area (Å²) in [4.78, 5) is 21.0. The standard InChI is InChI=1S/C19H21N5S/c1-2-4-16-15(3-1)17-18(21-13-22-19(17)25-16)24-11-9-23(10-12-24)14-5-7-20-8-6-14/h5-8,13H,1-4,9-12H2. The number of hydrogen-bond acceptors (Lipinski definition) is 6. The van der Waals surface area contributed by atoms with Gasteiger partial charge in [0, 0.05) is 49.1 Å². The van der Waals surface area contributed by atoms with Crippen molar-refractivity contribution in [3.63, 3.8) is 0 Å². The van der Waals surface area contributed by atoms with Gasteiger partial charge in [0.1, 0.15) is 17.0 Å². The summed E-state index contributed by atoms with van der Waals surface area (Å²) in [5.41, 5.74) is 2.79. The monoisotopic (exact) mass is 351 g/mol. The Kier molecular flexibility index (Phi) is 3.77. The third kappa shape index (κ3) is 2.65. The fraction of sp³-hybridized carbons (Fsp3) is 0.421. The Bertz CT molecular complexity index is 883. The number of piperazine rings is 1. The summed E-state index contributed by atoms with van der Waals surface area (Å²) in [6, 6.07) is 4.18. The first-order chi connectivity index (χ1) is 12.4. The first kappa shape index (κ1) is 15.1. The van der Waals surface area contributed by atoms with E-state index in [1.165, 1.54) is 47.2 Å². The molecule has 5 nitrogen and oxygen atoms in total. The number of aromatic nitrogens is 3. The van der Waals surface area contributed by atoms with E-state index in [9.17, 15) is 0 Å². The van der Waals surface area contributed by atoms with Gasteiger partial charge in [0.15, 0.2) is 0 Å². The number of aryl methyl sites for hydroxylation is 2. The predicted octanol–water partition coefficient (Wildman–Crippen LogP) is 3.29. The van der Waals surface area contributed by atoms with E-state index in [-0.39, 0.29) is 0 Å². The lowest BCUT2D eigenvalue weighted by molar-refractivity contribution is 0.648. The van der Waals surface area contributed by atoms with Gasteiger partial charge in [0.05, 0.1) is 5.39 Å². The van der Waals surface area contributed by atoms with Crippen LogP contribution in [0, 0.1) is 0 Å². The number of hydrogen-bond donors (Lipinski definition) is 0. The molecule has 3 aromatic heterocycles. The quantitative estimate of drug-likeness (QED) is 0.709. The van der Waals surface area contributed by atoms with Gasteiger partial charge in [-0.1, -0.05) is 0 Å². The largest absolute Gasteiger partial charge is 0.368 e. The summed E-state index contributed by atoms with van der Waals surface area (Å²) < 4.78 is 0. The van der Waals surface area contributed by atoms with E-state index in [1.54, 1.807) is 11.2 Å². The van der Waals surface area contributed by atoms with Gasteiger partial charge in [-0.15, -0.1) is 11.3 Å². The lowest BCUT2D eigenvalue weighted by Gasteiger charge is -2.37. The molecule has 0 N–H and O–H groups in total. The number of anilines is 2. The summed E-state index contributed by atoms with van der Waals surface area (Å²) >= 11 is 1.88. The van der Waals surface area contributed by atoms with Crippen molar-refractivity contribution in [2.75, 3.05) is 36.0 Å². The lowest BCUT2D eigenvalue weighted by atomic mass is 9.97. The highest BCUT2D eigenvalue weighted by Gasteiger charge is 2.25. The molecule has 0 unspecified atom stereocenters. The Morgan fingerprint density at radius 2 is 1.64 bits per heavy atom. The lowest BCUT2D eigenvalue weighted by Crippen LogP contribution is -2.47. The minimum atomic E-state index is 0.999. The van der Waals surface area contributed by atoms with Crippen LogP contribution < -0.4 is 9.80 Å². The van der Waals surface area contributed by atoms with Crippen LogP contribution in [-0.4, -0.2) is 41.1 Å². The second kappa shape index (κ2) is 6.26. The fourth-order valence-corrected chi connectivity index (χ4v) is 5.27. The highest BCUT2D eigenvalue weighted by Crippen LogP contribution is 2.39. The first-order valence-corrected chi connectivity index (χ1v) is 9.87. The van der Waals surface area contributed by atoms with Crippen LogP contribution in [-0.2, 0) is 12.8 Å². The van der Waals surface area contributed by atoms with Crippen molar-refractivity contribution < 1.29 is 0 Å². The van der Waals surface area contributed by atoms with E-state index in [0.29, 0.717) is 0 Å². The van der Waals surface area contributed by atoms with E-state index in [1.807, 2.05) is 23.7 Å². The van der Waals surface area contributed by atoms with Crippen molar-refractivity contribution in [1.29, 1.82) is 0 Å². The molecule has 25 heavy (non-hydrogen) atoms. The molecule has 0 radical (unpaired) electrons. The number of rotatable bonds is 2. The Balaban J connectivity index is 1.44. The van der Waals surface area contributed by atoms with Gasteiger partial charge < -0.3 is 9.80 Å². The third-order valence-corrected chi connectivity index (χ3v) is 6.54. The number of pyridine rings is 1. The van der Waals surface area contributed by atoms with Gasteiger partial charge in [-0.2, -0.15) is 0 Å². The molecule has 6 heteroatoms. The van der Waals surface area contributed by atoms with Gasteiger partial charge >= 0.3 is 0 Å². The molecule has 3 aromatic rings. The topological polar surface area (TPSA) is 45.2 Å². The fourth-order valence-electron chi connectivity index (χ4n) is 4.04. The van der Waals surface area contributed by atoms with Crippen LogP contribution in [0.25, 0.3) is 10.2 Å². The normalized spacial score (nSPS) is 17.8. The van der Waals surface area contributed by atoms with Crippen LogP contribution in [0.3, 0.4) is 0 Å². The summed E-state index contributed by atoms with van der Waals surface area (Å²) in [5, 5.41) is 1.33. The molecule has 1 saturated heterocycles. The van der Waals surface area contributed by atoms with E-state index in [2.05, 4.69) is 31.9 Å². The molecule has 128 valence electrons. The summed E-state index contributed by atoms with van der Waals surface area (Å²) in [7, 11) is 0. The molecule has 0 saturated carbocycles. The van der Waals surface area contributed by atoms with Crippen LogP contribution >= 0.6 is 11.3 Å². The number of nitrogens with zero attached hydrogens (tertiary/aromatic N) is 5. The molecule has 0 spiro atoms. The molecule has 1 aliphatic carbocycles.